The van der Waals surface area contributed by atoms with E-state index in [2.05, 4.69) is 80.2 Å². The Morgan fingerprint density at radius 2 is 1.19 bits per heavy atom. The zero-order chi connectivity index (χ0) is 22.4. The Hall–Kier alpha value is -2.86. The number of hydrogen-bond donors (Lipinski definition) is 2. The summed E-state index contributed by atoms with van der Waals surface area (Å²) in [6.07, 6.45) is 0. The van der Waals surface area contributed by atoms with Crippen molar-refractivity contribution in [2.75, 3.05) is 0 Å². The lowest BCUT2D eigenvalue weighted by Crippen LogP contribution is -1.96. The average Bonchev–Trinajstić information content (AvgIpc) is 2.77. The third-order valence-corrected chi connectivity index (χ3v) is 6.25. The van der Waals surface area contributed by atoms with Gasteiger partial charge in [-0.05, 0) is 59.9 Å². The molecule has 0 spiro atoms. The van der Waals surface area contributed by atoms with Gasteiger partial charge in [0.15, 0.2) is 0 Å². The molecule has 0 amide bonds. The maximum absolute atomic E-state index is 10.5. The highest BCUT2D eigenvalue weighted by Crippen LogP contribution is 2.37. The summed E-state index contributed by atoms with van der Waals surface area (Å²) in [5, 5.41) is 0. The Morgan fingerprint density at radius 1 is 0.677 bits per heavy atom. The van der Waals surface area contributed by atoms with Gasteiger partial charge in [0, 0.05) is 4.90 Å². The van der Waals surface area contributed by atoms with Gasteiger partial charge in [0.25, 0.3) is 10.1 Å². The third kappa shape index (κ3) is 5.85. The average molecular weight is 449 g/mol. The molecule has 0 heterocycles. The first-order valence-electron chi connectivity index (χ1n) is 9.75. The van der Waals surface area contributed by atoms with Crippen molar-refractivity contribution < 1.29 is 13.0 Å². The molecule has 3 nitrogen and oxygen atoms in total. The SMILES string of the molecule is Cc1c(S)ccc(-c2ccccc2)c1-c1ccccc1.Cc1ccc(S(=O)(=O)O)cc1. The van der Waals surface area contributed by atoms with E-state index in [9.17, 15) is 8.42 Å². The third-order valence-electron chi connectivity index (χ3n) is 4.90. The zero-order valence-electron chi connectivity index (χ0n) is 17.4. The van der Waals surface area contributed by atoms with E-state index in [-0.39, 0.29) is 4.90 Å². The molecule has 0 bridgehead atoms. The highest BCUT2D eigenvalue weighted by atomic mass is 32.2. The molecule has 5 heteroatoms. The summed E-state index contributed by atoms with van der Waals surface area (Å²) in [6, 6.07) is 31.2. The first-order chi connectivity index (χ1) is 14.8. The first kappa shape index (κ1) is 22.8. The number of hydrogen-bond acceptors (Lipinski definition) is 3. The predicted octanol–water partition coefficient (Wildman–Crippen LogP) is 6.86. The molecular weight excluding hydrogens is 424 g/mol. The maximum atomic E-state index is 10.5. The minimum absolute atomic E-state index is 0.0666. The molecule has 0 aliphatic carbocycles. The summed E-state index contributed by atoms with van der Waals surface area (Å²) in [6.45, 7) is 3.98. The van der Waals surface area contributed by atoms with Crippen LogP contribution in [0.4, 0.5) is 0 Å². The van der Waals surface area contributed by atoms with Crippen molar-refractivity contribution in [1.82, 2.24) is 0 Å². The van der Waals surface area contributed by atoms with E-state index in [1.807, 2.05) is 19.1 Å². The van der Waals surface area contributed by atoms with E-state index in [0.29, 0.717) is 0 Å². The fourth-order valence-electron chi connectivity index (χ4n) is 3.25. The summed E-state index contributed by atoms with van der Waals surface area (Å²) in [5.74, 6) is 0. The van der Waals surface area contributed by atoms with Crippen LogP contribution in [0, 0.1) is 13.8 Å². The molecule has 4 aromatic rings. The second kappa shape index (κ2) is 9.96. The Labute approximate surface area is 189 Å². The molecular formula is C26H24O3S2. The molecule has 0 unspecified atom stereocenters. The summed E-state index contributed by atoms with van der Waals surface area (Å²) < 4.78 is 29.6. The van der Waals surface area contributed by atoms with Crippen LogP contribution < -0.4 is 0 Å². The Kier molecular flexibility index (Phi) is 7.33. The van der Waals surface area contributed by atoms with E-state index in [4.69, 9.17) is 4.55 Å². The van der Waals surface area contributed by atoms with Crippen LogP contribution in [0.2, 0.25) is 0 Å². The van der Waals surface area contributed by atoms with Crippen molar-refractivity contribution in [3.05, 3.63) is 108 Å². The quantitative estimate of drug-likeness (QED) is 0.266. The molecule has 0 aliphatic rings. The van der Waals surface area contributed by atoms with Gasteiger partial charge >= 0.3 is 0 Å². The lowest BCUT2D eigenvalue weighted by atomic mass is 9.91. The molecule has 4 aromatic carbocycles. The normalized spacial score (nSPS) is 10.8. The molecule has 31 heavy (non-hydrogen) atoms. The highest BCUT2D eigenvalue weighted by molar-refractivity contribution is 7.85. The summed E-state index contributed by atoms with van der Waals surface area (Å²) in [5.41, 5.74) is 7.18. The minimum atomic E-state index is -4.02. The molecule has 0 radical (unpaired) electrons. The van der Waals surface area contributed by atoms with Crippen molar-refractivity contribution >= 4 is 22.7 Å². The molecule has 0 atom stereocenters. The van der Waals surface area contributed by atoms with E-state index >= 15 is 0 Å². The van der Waals surface area contributed by atoms with E-state index in [1.54, 1.807) is 12.1 Å². The van der Waals surface area contributed by atoms with Crippen molar-refractivity contribution in [1.29, 1.82) is 0 Å². The second-order valence-electron chi connectivity index (χ2n) is 7.15. The molecule has 0 saturated heterocycles. The monoisotopic (exact) mass is 448 g/mol. The molecule has 0 fully saturated rings. The summed E-state index contributed by atoms with van der Waals surface area (Å²) in [7, 11) is -4.02. The van der Waals surface area contributed by atoms with Crippen LogP contribution in [-0.2, 0) is 10.1 Å². The second-order valence-corrected chi connectivity index (χ2v) is 9.06. The van der Waals surface area contributed by atoms with Crippen molar-refractivity contribution in [2.24, 2.45) is 0 Å². The van der Waals surface area contributed by atoms with Crippen LogP contribution in [-0.4, -0.2) is 13.0 Å². The fraction of sp³-hybridized carbons (Fsp3) is 0.0769. The van der Waals surface area contributed by atoms with E-state index < -0.39 is 10.1 Å². The Morgan fingerprint density at radius 3 is 1.71 bits per heavy atom. The minimum Gasteiger partial charge on any atom is -0.282 e. The van der Waals surface area contributed by atoms with Crippen LogP contribution >= 0.6 is 12.6 Å². The van der Waals surface area contributed by atoms with Gasteiger partial charge in [-0.2, -0.15) is 8.42 Å². The van der Waals surface area contributed by atoms with E-state index in [0.717, 1.165) is 10.5 Å². The van der Waals surface area contributed by atoms with Gasteiger partial charge in [0.05, 0.1) is 4.90 Å². The van der Waals surface area contributed by atoms with Gasteiger partial charge in [-0.3, -0.25) is 4.55 Å². The van der Waals surface area contributed by atoms with Crippen molar-refractivity contribution in [3.8, 4) is 22.3 Å². The lowest BCUT2D eigenvalue weighted by Gasteiger charge is -2.15. The van der Waals surface area contributed by atoms with Crippen LogP contribution in [0.15, 0.2) is 107 Å². The first-order valence-corrected chi connectivity index (χ1v) is 11.6. The molecule has 0 saturated carbocycles. The maximum Gasteiger partial charge on any atom is 0.294 e. The van der Waals surface area contributed by atoms with Crippen LogP contribution in [0.25, 0.3) is 22.3 Å². The highest BCUT2D eigenvalue weighted by Gasteiger charge is 2.12. The summed E-state index contributed by atoms with van der Waals surface area (Å²) >= 11 is 4.58. The predicted molar refractivity (Wildman–Crippen MR) is 130 cm³/mol. The van der Waals surface area contributed by atoms with Crippen molar-refractivity contribution in [3.63, 3.8) is 0 Å². The molecule has 158 valence electrons. The van der Waals surface area contributed by atoms with Gasteiger partial charge in [-0.15, -0.1) is 12.6 Å². The fourth-order valence-corrected chi connectivity index (χ4v) is 3.91. The largest absolute Gasteiger partial charge is 0.294 e. The topological polar surface area (TPSA) is 54.4 Å². The van der Waals surface area contributed by atoms with Gasteiger partial charge in [0.1, 0.15) is 0 Å². The molecule has 4 rings (SSSR count). The Balaban J connectivity index is 0.000000210. The summed E-state index contributed by atoms with van der Waals surface area (Å²) in [4.78, 5) is 0.964. The molecule has 0 aromatic heterocycles. The number of aryl methyl sites for hydroxylation is 1. The smallest absolute Gasteiger partial charge is 0.282 e. The van der Waals surface area contributed by atoms with Crippen LogP contribution in [0.3, 0.4) is 0 Å². The molecule has 0 aliphatic heterocycles. The van der Waals surface area contributed by atoms with Gasteiger partial charge in [-0.1, -0.05) is 84.4 Å². The van der Waals surface area contributed by atoms with Gasteiger partial charge < -0.3 is 0 Å². The number of rotatable bonds is 3. The van der Waals surface area contributed by atoms with Gasteiger partial charge in [0.2, 0.25) is 0 Å². The van der Waals surface area contributed by atoms with Gasteiger partial charge in [-0.25, -0.2) is 0 Å². The van der Waals surface area contributed by atoms with Crippen molar-refractivity contribution in [2.45, 2.75) is 23.6 Å². The van der Waals surface area contributed by atoms with E-state index in [1.165, 1.54) is 39.9 Å². The lowest BCUT2D eigenvalue weighted by molar-refractivity contribution is 0.483. The van der Waals surface area contributed by atoms with Crippen LogP contribution in [0.1, 0.15) is 11.1 Å². The Bertz CT molecular complexity index is 1250. The standard InChI is InChI=1S/C19H16S.C7H8O3S/c1-14-18(20)13-12-17(15-8-4-2-5-9-15)19(14)16-10-6-3-7-11-16;1-6-2-4-7(5-3-6)11(8,9)10/h2-13,20H,1H3;2-5H,1H3,(H,8,9,10). The number of benzene rings is 4. The number of thiol groups is 1. The zero-order valence-corrected chi connectivity index (χ0v) is 19.1. The van der Waals surface area contributed by atoms with Crippen LogP contribution in [0.5, 0.6) is 0 Å². The molecule has 1 N–H and O–H groups in total.